The van der Waals surface area contributed by atoms with Crippen molar-refractivity contribution < 1.29 is 15.0 Å². The van der Waals surface area contributed by atoms with E-state index in [9.17, 15) is 9.90 Å². The molecule has 1 unspecified atom stereocenters. The second kappa shape index (κ2) is 6.39. The van der Waals surface area contributed by atoms with Gasteiger partial charge in [-0.25, -0.2) is 0 Å². The van der Waals surface area contributed by atoms with Crippen LogP contribution in [0.3, 0.4) is 0 Å². The van der Waals surface area contributed by atoms with E-state index in [0.717, 1.165) is 9.37 Å². The third kappa shape index (κ3) is 3.90. The average Bonchev–Trinajstić information content (AvgIpc) is 2.26. The van der Waals surface area contributed by atoms with Crippen molar-refractivity contribution >= 4 is 33.5 Å². The van der Waals surface area contributed by atoms with Crippen molar-refractivity contribution in [2.45, 2.75) is 17.9 Å². The molecule has 3 nitrogen and oxygen atoms in total. The van der Waals surface area contributed by atoms with E-state index in [1.807, 2.05) is 12.1 Å². The zero-order valence-corrected chi connectivity index (χ0v) is 11.2. The quantitative estimate of drug-likeness (QED) is 0.646. The van der Waals surface area contributed by atoms with Crippen LogP contribution in [-0.4, -0.2) is 34.5 Å². The highest BCUT2D eigenvalue weighted by molar-refractivity contribution is 9.10. The molecule has 0 bridgehead atoms. The first-order valence-electron chi connectivity index (χ1n) is 4.76. The van der Waals surface area contributed by atoms with Crippen LogP contribution in [0.1, 0.15) is 17.3 Å². The van der Waals surface area contributed by atoms with Crippen LogP contribution in [-0.2, 0) is 0 Å². The van der Waals surface area contributed by atoms with Crippen LogP contribution >= 0.6 is 27.7 Å². The zero-order chi connectivity index (χ0) is 12.1. The molecule has 2 N–H and O–H groups in total. The molecule has 0 aliphatic rings. The number of carbonyl (C=O) groups excluding carboxylic acids is 1. The number of rotatable bonds is 5. The number of hydrogen-bond donors (Lipinski definition) is 2. The molecule has 0 saturated heterocycles. The molecular formula is C11H13BrO3S. The van der Waals surface area contributed by atoms with Gasteiger partial charge in [-0.1, -0.05) is 15.9 Å². The summed E-state index contributed by atoms with van der Waals surface area (Å²) < 4.78 is 0.852. The number of benzene rings is 1. The second-order valence-corrected chi connectivity index (χ2v) is 5.32. The maximum atomic E-state index is 11.4. The van der Waals surface area contributed by atoms with E-state index in [4.69, 9.17) is 5.11 Å². The van der Waals surface area contributed by atoms with Crippen LogP contribution in [0.25, 0.3) is 0 Å². The van der Waals surface area contributed by atoms with Gasteiger partial charge in [-0.2, -0.15) is 0 Å². The molecule has 0 aliphatic carbocycles. The van der Waals surface area contributed by atoms with Gasteiger partial charge in [0.15, 0.2) is 5.78 Å². The van der Waals surface area contributed by atoms with Gasteiger partial charge >= 0.3 is 0 Å². The number of aliphatic hydroxyl groups is 2. The Morgan fingerprint density at radius 2 is 2.25 bits per heavy atom. The Hall–Kier alpha value is -0.360. The van der Waals surface area contributed by atoms with E-state index in [-0.39, 0.29) is 12.4 Å². The Balaban J connectivity index is 2.82. The van der Waals surface area contributed by atoms with Gasteiger partial charge in [-0.3, -0.25) is 4.79 Å². The molecule has 1 aromatic rings. The van der Waals surface area contributed by atoms with Crippen molar-refractivity contribution in [2.75, 3.05) is 12.4 Å². The molecule has 1 atom stereocenters. The topological polar surface area (TPSA) is 57.5 Å². The third-order valence-corrected chi connectivity index (χ3v) is 3.67. The van der Waals surface area contributed by atoms with Crippen molar-refractivity contribution in [2.24, 2.45) is 0 Å². The smallest absolute Gasteiger partial charge is 0.160 e. The first-order chi connectivity index (χ1) is 7.54. The second-order valence-electron chi connectivity index (χ2n) is 3.34. The highest BCUT2D eigenvalue weighted by Crippen LogP contribution is 2.26. The van der Waals surface area contributed by atoms with E-state index >= 15 is 0 Å². The van der Waals surface area contributed by atoms with Crippen LogP contribution < -0.4 is 0 Å². The summed E-state index contributed by atoms with van der Waals surface area (Å²) in [5.74, 6) is 0.362. The molecule has 0 saturated carbocycles. The molecular weight excluding hydrogens is 292 g/mol. The maximum Gasteiger partial charge on any atom is 0.160 e. The molecule has 0 aromatic heterocycles. The fourth-order valence-corrected chi connectivity index (χ4v) is 2.50. The van der Waals surface area contributed by atoms with Crippen molar-refractivity contribution in [3.63, 3.8) is 0 Å². The highest BCUT2D eigenvalue weighted by atomic mass is 79.9. The lowest BCUT2D eigenvalue weighted by atomic mass is 10.1. The monoisotopic (exact) mass is 304 g/mol. The molecule has 0 radical (unpaired) electrons. The van der Waals surface area contributed by atoms with Gasteiger partial charge in [-0.05, 0) is 25.1 Å². The summed E-state index contributed by atoms with van der Waals surface area (Å²) in [6, 6.07) is 5.44. The summed E-state index contributed by atoms with van der Waals surface area (Å²) in [7, 11) is 0. The Morgan fingerprint density at radius 1 is 1.56 bits per heavy atom. The van der Waals surface area contributed by atoms with Crippen molar-refractivity contribution in [1.29, 1.82) is 0 Å². The van der Waals surface area contributed by atoms with E-state index in [2.05, 4.69) is 15.9 Å². The predicted octanol–water partition coefficient (Wildman–Crippen LogP) is 2.10. The molecule has 0 spiro atoms. The summed E-state index contributed by atoms with van der Waals surface area (Å²) in [6.45, 7) is 1.24. The van der Waals surface area contributed by atoms with Crippen LogP contribution in [0, 0.1) is 0 Å². The van der Waals surface area contributed by atoms with E-state index in [0.29, 0.717) is 11.3 Å². The van der Waals surface area contributed by atoms with Gasteiger partial charge in [0.05, 0.1) is 12.7 Å². The normalized spacial score (nSPS) is 12.5. The molecule has 1 aromatic carbocycles. The van der Waals surface area contributed by atoms with Gasteiger partial charge in [0, 0.05) is 20.7 Å². The molecule has 1 rings (SSSR count). The van der Waals surface area contributed by atoms with Crippen molar-refractivity contribution in [3.8, 4) is 0 Å². The Labute approximate surface area is 107 Å². The van der Waals surface area contributed by atoms with Crippen molar-refractivity contribution in [3.05, 3.63) is 28.2 Å². The number of thioether (sulfide) groups is 1. The Bertz CT molecular complexity index is 381. The van der Waals surface area contributed by atoms with Crippen LogP contribution in [0.4, 0.5) is 0 Å². The highest BCUT2D eigenvalue weighted by Gasteiger charge is 2.10. The minimum Gasteiger partial charge on any atom is -0.394 e. The minimum absolute atomic E-state index is 0.0118. The zero-order valence-electron chi connectivity index (χ0n) is 8.81. The fraction of sp³-hybridized carbons (Fsp3) is 0.364. The number of hydrogen-bond acceptors (Lipinski definition) is 4. The molecule has 0 amide bonds. The predicted molar refractivity (Wildman–Crippen MR) is 68.0 cm³/mol. The van der Waals surface area contributed by atoms with Crippen LogP contribution in [0.5, 0.6) is 0 Å². The van der Waals surface area contributed by atoms with Gasteiger partial charge in [0.1, 0.15) is 0 Å². The Kier molecular flexibility index (Phi) is 5.48. The average molecular weight is 305 g/mol. The number of carbonyl (C=O) groups is 1. The lowest BCUT2D eigenvalue weighted by Crippen LogP contribution is -2.14. The SMILES string of the molecule is CC(=O)c1cc(Br)ccc1SCC(O)CO. The molecule has 0 fully saturated rings. The summed E-state index contributed by atoms with van der Waals surface area (Å²) in [6.07, 6.45) is -0.756. The summed E-state index contributed by atoms with van der Waals surface area (Å²) in [4.78, 5) is 12.2. The summed E-state index contributed by atoms with van der Waals surface area (Å²) in [5.41, 5.74) is 0.629. The third-order valence-electron chi connectivity index (χ3n) is 1.96. The fourth-order valence-electron chi connectivity index (χ4n) is 1.14. The molecule has 0 heterocycles. The summed E-state index contributed by atoms with van der Waals surface area (Å²) in [5, 5.41) is 17.9. The number of aliphatic hydroxyl groups excluding tert-OH is 2. The lowest BCUT2D eigenvalue weighted by molar-refractivity contribution is 0.101. The summed E-state index contributed by atoms with van der Waals surface area (Å²) >= 11 is 4.67. The molecule has 16 heavy (non-hydrogen) atoms. The van der Waals surface area contributed by atoms with Gasteiger partial charge in [0.25, 0.3) is 0 Å². The van der Waals surface area contributed by atoms with Crippen molar-refractivity contribution in [1.82, 2.24) is 0 Å². The van der Waals surface area contributed by atoms with E-state index < -0.39 is 6.10 Å². The van der Waals surface area contributed by atoms with Crippen LogP contribution in [0.2, 0.25) is 0 Å². The Morgan fingerprint density at radius 3 is 2.81 bits per heavy atom. The van der Waals surface area contributed by atoms with Crippen LogP contribution in [0.15, 0.2) is 27.6 Å². The molecule has 5 heteroatoms. The number of ketones is 1. The maximum absolute atomic E-state index is 11.4. The first kappa shape index (κ1) is 13.7. The first-order valence-corrected chi connectivity index (χ1v) is 6.54. The minimum atomic E-state index is -0.756. The molecule has 88 valence electrons. The largest absolute Gasteiger partial charge is 0.394 e. The van der Waals surface area contributed by atoms with E-state index in [1.54, 1.807) is 6.07 Å². The number of Topliss-reactive ketones (excluding diaryl/α,β-unsaturated/α-hetero) is 1. The van der Waals surface area contributed by atoms with Gasteiger partial charge < -0.3 is 10.2 Å². The van der Waals surface area contributed by atoms with Gasteiger partial charge in [-0.15, -0.1) is 11.8 Å². The van der Waals surface area contributed by atoms with Gasteiger partial charge in [0.2, 0.25) is 0 Å². The lowest BCUT2D eigenvalue weighted by Gasteiger charge is -2.09. The standard InChI is InChI=1S/C11H13BrO3S/c1-7(14)10-4-8(12)2-3-11(10)16-6-9(15)5-13/h2-4,9,13,15H,5-6H2,1H3. The van der Waals surface area contributed by atoms with E-state index in [1.165, 1.54) is 18.7 Å². The molecule has 0 aliphatic heterocycles. The number of halogens is 1.